The van der Waals surface area contributed by atoms with E-state index in [-0.39, 0.29) is 0 Å². The Hall–Kier alpha value is -1.82. The smallest absolute Gasteiger partial charge is 0.0224 e. The van der Waals surface area contributed by atoms with Gasteiger partial charge in [0.25, 0.3) is 0 Å². The lowest BCUT2D eigenvalue weighted by atomic mass is 9.98. The molecule has 92 valence electrons. The van der Waals surface area contributed by atoms with Crippen molar-refractivity contribution in [3.05, 3.63) is 71.3 Å². The lowest BCUT2D eigenvalue weighted by molar-refractivity contribution is 0.976. The van der Waals surface area contributed by atoms with E-state index in [1.54, 1.807) is 0 Å². The second-order valence-electron chi connectivity index (χ2n) is 4.70. The zero-order chi connectivity index (χ0) is 12.8. The molecule has 2 rings (SSSR count). The zero-order valence-corrected chi connectivity index (χ0v) is 11.2. The van der Waals surface area contributed by atoms with Crippen LogP contribution in [-0.4, -0.2) is 0 Å². The first-order chi connectivity index (χ1) is 8.79. The van der Waals surface area contributed by atoms with Crippen molar-refractivity contribution < 1.29 is 0 Å². The molecule has 0 N–H and O–H groups in total. The van der Waals surface area contributed by atoms with Crippen molar-refractivity contribution >= 4 is 11.6 Å². The Labute approximate surface area is 110 Å². The van der Waals surface area contributed by atoms with Gasteiger partial charge < -0.3 is 0 Å². The van der Waals surface area contributed by atoms with Crippen LogP contribution in [0.25, 0.3) is 11.6 Å². The number of hydrogen-bond donors (Lipinski definition) is 0. The molecule has 0 atom stereocenters. The Morgan fingerprint density at radius 2 is 1.61 bits per heavy atom. The molecule has 0 nitrogen and oxygen atoms in total. The number of allylic oxidation sites excluding steroid dienone is 1. The number of benzene rings is 2. The fraction of sp³-hybridized carbons (Fsp3) is 0.222. The second kappa shape index (κ2) is 6.20. The van der Waals surface area contributed by atoms with Gasteiger partial charge in [0.1, 0.15) is 0 Å². The number of rotatable bonds is 4. The van der Waals surface area contributed by atoms with Crippen LogP contribution in [0.3, 0.4) is 0 Å². The lowest BCUT2D eigenvalue weighted by Gasteiger charge is -2.07. The fourth-order valence-electron chi connectivity index (χ4n) is 2.09. The molecule has 0 saturated heterocycles. The van der Waals surface area contributed by atoms with Crippen molar-refractivity contribution in [3.8, 4) is 0 Å². The minimum Gasteiger partial charge on any atom is -0.0651 e. The molecule has 0 spiro atoms. The first kappa shape index (κ1) is 12.6. The summed E-state index contributed by atoms with van der Waals surface area (Å²) in [7, 11) is 0. The molecule has 0 heteroatoms. The summed E-state index contributed by atoms with van der Waals surface area (Å²) in [5.41, 5.74) is 5.35. The summed E-state index contributed by atoms with van der Waals surface area (Å²) >= 11 is 0. The molecule has 0 bridgehead atoms. The molecule has 2 aromatic carbocycles. The monoisotopic (exact) mass is 236 g/mol. The normalized spacial score (nSPS) is 11.6. The minimum absolute atomic E-state index is 1.12. The highest BCUT2D eigenvalue weighted by Crippen LogP contribution is 2.22. The predicted octanol–water partition coefficient (Wildman–Crippen LogP) is 5.34. The maximum Gasteiger partial charge on any atom is -0.0224 e. The molecular formula is C18H20. The highest BCUT2D eigenvalue weighted by atomic mass is 14.0. The van der Waals surface area contributed by atoms with E-state index in [1.165, 1.54) is 28.7 Å². The van der Waals surface area contributed by atoms with Gasteiger partial charge in [-0.05, 0) is 30.0 Å². The molecule has 0 heterocycles. The molecule has 0 aliphatic rings. The minimum atomic E-state index is 1.12. The highest BCUT2D eigenvalue weighted by Gasteiger charge is 2.00. The third-order valence-electron chi connectivity index (χ3n) is 3.08. The molecule has 0 saturated carbocycles. The Bertz CT molecular complexity index is 503. The summed E-state index contributed by atoms with van der Waals surface area (Å²) in [6.45, 7) is 4.35. The molecule has 0 amide bonds. The van der Waals surface area contributed by atoms with Crippen LogP contribution in [0, 0.1) is 6.92 Å². The van der Waals surface area contributed by atoms with Crippen LogP contribution in [0.5, 0.6) is 0 Å². The summed E-state index contributed by atoms with van der Waals surface area (Å²) in [5.74, 6) is 0. The summed E-state index contributed by atoms with van der Waals surface area (Å²) in [4.78, 5) is 0. The van der Waals surface area contributed by atoms with E-state index in [2.05, 4.69) is 74.5 Å². The van der Waals surface area contributed by atoms with Crippen molar-refractivity contribution in [2.24, 2.45) is 0 Å². The Balaban J connectivity index is 2.33. The van der Waals surface area contributed by atoms with E-state index in [0.717, 1.165) is 6.42 Å². The maximum absolute atomic E-state index is 2.30. The molecule has 0 fully saturated rings. The summed E-state index contributed by atoms with van der Waals surface area (Å²) in [5, 5.41) is 0. The van der Waals surface area contributed by atoms with Crippen molar-refractivity contribution in [1.82, 2.24) is 0 Å². The average molecular weight is 236 g/mol. The van der Waals surface area contributed by atoms with E-state index < -0.39 is 0 Å². The molecule has 2 aromatic rings. The number of hydrogen-bond acceptors (Lipinski definition) is 0. The first-order valence-corrected chi connectivity index (χ1v) is 6.62. The summed E-state index contributed by atoms with van der Waals surface area (Å²) in [6.07, 6.45) is 4.60. The molecule has 0 aliphatic heterocycles. The largest absolute Gasteiger partial charge is 0.0651 e. The Morgan fingerprint density at radius 1 is 0.944 bits per heavy atom. The standard InChI is InChI=1S/C18H20/c1-3-7-18(17-8-5-4-6-9-17)14-16-12-10-15(2)11-13-16/h4-6,8-14H,3,7H2,1-2H3/b18-14-. The van der Waals surface area contributed by atoms with Gasteiger partial charge in [-0.25, -0.2) is 0 Å². The van der Waals surface area contributed by atoms with Crippen molar-refractivity contribution in [3.63, 3.8) is 0 Å². The van der Waals surface area contributed by atoms with Crippen molar-refractivity contribution in [2.75, 3.05) is 0 Å². The van der Waals surface area contributed by atoms with Gasteiger partial charge in [-0.1, -0.05) is 79.6 Å². The topological polar surface area (TPSA) is 0 Å². The SMILES string of the molecule is CCC/C(=C/c1ccc(C)cc1)c1ccccc1. The van der Waals surface area contributed by atoms with Crippen LogP contribution >= 0.6 is 0 Å². The first-order valence-electron chi connectivity index (χ1n) is 6.62. The van der Waals surface area contributed by atoms with E-state index in [9.17, 15) is 0 Å². The van der Waals surface area contributed by atoms with Gasteiger partial charge in [0.2, 0.25) is 0 Å². The third kappa shape index (κ3) is 3.33. The van der Waals surface area contributed by atoms with Gasteiger partial charge in [0, 0.05) is 0 Å². The highest BCUT2D eigenvalue weighted by molar-refractivity contribution is 5.81. The van der Waals surface area contributed by atoms with Crippen LogP contribution in [-0.2, 0) is 0 Å². The van der Waals surface area contributed by atoms with E-state index in [0.29, 0.717) is 0 Å². The average Bonchev–Trinajstić information content (AvgIpc) is 2.42. The van der Waals surface area contributed by atoms with Gasteiger partial charge in [-0.15, -0.1) is 0 Å². The molecule has 0 radical (unpaired) electrons. The van der Waals surface area contributed by atoms with E-state index in [4.69, 9.17) is 0 Å². The third-order valence-corrected chi connectivity index (χ3v) is 3.08. The molecule has 0 aliphatic carbocycles. The van der Waals surface area contributed by atoms with E-state index >= 15 is 0 Å². The van der Waals surface area contributed by atoms with E-state index in [1.807, 2.05) is 0 Å². The molecular weight excluding hydrogens is 216 g/mol. The van der Waals surface area contributed by atoms with Gasteiger partial charge in [-0.2, -0.15) is 0 Å². The van der Waals surface area contributed by atoms with Crippen LogP contribution in [0.2, 0.25) is 0 Å². The molecule has 18 heavy (non-hydrogen) atoms. The fourth-order valence-corrected chi connectivity index (χ4v) is 2.09. The molecule has 0 aromatic heterocycles. The Morgan fingerprint density at radius 3 is 2.22 bits per heavy atom. The van der Waals surface area contributed by atoms with Crippen molar-refractivity contribution in [2.45, 2.75) is 26.7 Å². The quantitative estimate of drug-likeness (QED) is 0.629. The van der Waals surface area contributed by atoms with Gasteiger partial charge in [-0.3, -0.25) is 0 Å². The number of aryl methyl sites for hydroxylation is 1. The second-order valence-corrected chi connectivity index (χ2v) is 4.70. The van der Waals surface area contributed by atoms with Crippen molar-refractivity contribution in [1.29, 1.82) is 0 Å². The summed E-state index contributed by atoms with van der Waals surface area (Å²) in [6, 6.07) is 19.4. The Kier molecular flexibility index (Phi) is 4.35. The van der Waals surface area contributed by atoms with Crippen LogP contribution in [0.4, 0.5) is 0 Å². The maximum atomic E-state index is 2.30. The van der Waals surface area contributed by atoms with Crippen LogP contribution in [0.15, 0.2) is 54.6 Å². The molecule has 0 unspecified atom stereocenters. The van der Waals surface area contributed by atoms with Gasteiger partial charge >= 0.3 is 0 Å². The lowest BCUT2D eigenvalue weighted by Crippen LogP contribution is -1.84. The van der Waals surface area contributed by atoms with Crippen LogP contribution < -0.4 is 0 Å². The zero-order valence-electron chi connectivity index (χ0n) is 11.2. The summed E-state index contributed by atoms with van der Waals surface area (Å²) < 4.78 is 0. The van der Waals surface area contributed by atoms with Crippen LogP contribution in [0.1, 0.15) is 36.5 Å². The predicted molar refractivity (Wildman–Crippen MR) is 80.4 cm³/mol. The van der Waals surface area contributed by atoms with Gasteiger partial charge in [0.05, 0.1) is 0 Å². The van der Waals surface area contributed by atoms with Gasteiger partial charge in [0.15, 0.2) is 0 Å².